The summed E-state index contributed by atoms with van der Waals surface area (Å²) in [5.41, 5.74) is 2.18. The van der Waals surface area contributed by atoms with Crippen molar-refractivity contribution in [2.24, 2.45) is 0 Å². The summed E-state index contributed by atoms with van der Waals surface area (Å²) >= 11 is 3.43. The number of fused-ring (bicyclic) bond motifs is 1. The Kier molecular flexibility index (Phi) is 1.78. The lowest BCUT2D eigenvalue weighted by Crippen LogP contribution is -1.98. The monoisotopic (exact) mass is 222 g/mol. The second kappa shape index (κ2) is 2.80. The molecule has 0 saturated heterocycles. The van der Waals surface area contributed by atoms with Gasteiger partial charge in [-0.15, -0.1) is 0 Å². The van der Waals surface area contributed by atoms with Crippen molar-refractivity contribution in [2.75, 3.05) is 11.9 Å². The molecule has 0 radical (unpaired) electrons. The molecule has 1 atom stereocenters. The molecule has 1 N–H and O–H groups in total. The van der Waals surface area contributed by atoms with Crippen LogP contribution >= 0.6 is 15.9 Å². The van der Waals surface area contributed by atoms with Gasteiger partial charge < -0.3 is 5.32 Å². The lowest BCUT2D eigenvalue weighted by atomic mass is 10.0. The molecule has 2 nitrogen and oxygen atoms in total. The summed E-state index contributed by atoms with van der Waals surface area (Å²) in [4.78, 5) is 0. The van der Waals surface area contributed by atoms with E-state index in [9.17, 15) is 0 Å². The zero-order valence-electron chi connectivity index (χ0n) is 6.34. The van der Waals surface area contributed by atoms with Crippen LogP contribution in [0.5, 0.6) is 0 Å². The summed E-state index contributed by atoms with van der Waals surface area (Å²) in [6, 6.07) is 8.19. The Labute approximate surface area is 79.3 Å². The molecule has 0 aromatic heterocycles. The van der Waals surface area contributed by atoms with Crippen LogP contribution in [0.4, 0.5) is 5.69 Å². The molecule has 0 aliphatic carbocycles. The first-order chi connectivity index (χ1) is 5.83. The molecule has 3 heteroatoms. The number of nitrogens with zero attached hydrogens (tertiary/aromatic N) is 1. The minimum atomic E-state index is 0.0116. The van der Waals surface area contributed by atoms with Crippen molar-refractivity contribution >= 4 is 21.6 Å². The molecule has 0 amide bonds. The zero-order valence-corrected chi connectivity index (χ0v) is 7.93. The number of nitriles is 1. The van der Waals surface area contributed by atoms with Gasteiger partial charge in [-0.1, -0.05) is 12.1 Å². The van der Waals surface area contributed by atoms with Gasteiger partial charge in [0, 0.05) is 11.0 Å². The van der Waals surface area contributed by atoms with Crippen molar-refractivity contribution < 1.29 is 0 Å². The van der Waals surface area contributed by atoms with Crippen LogP contribution in [0.3, 0.4) is 0 Å². The molecular weight excluding hydrogens is 216 g/mol. The largest absolute Gasteiger partial charge is 0.382 e. The Morgan fingerprint density at radius 2 is 2.42 bits per heavy atom. The molecule has 1 aliphatic heterocycles. The van der Waals surface area contributed by atoms with Crippen LogP contribution in [-0.2, 0) is 0 Å². The molecule has 12 heavy (non-hydrogen) atoms. The predicted octanol–water partition coefficient (Wildman–Crippen LogP) is 2.48. The van der Waals surface area contributed by atoms with Gasteiger partial charge in [-0.05, 0) is 27.6 Å². The van der Waals surface area contributed by atoms with Crippen LogP contribution in [0.25, 0.3) is 0 Å². The second-order valence-corrected chi connectivity index (χ2v) is 3.62. The third kappa shape index (κ3) is 0.997. The SMILES string of the molecule is N#CC1CNc2c(Br)cccc21. The maximum atomic E-state index is 8.80. The van der Waals surface area contributed by atoms with Gasteiger partial charge in [-0.25, -0.2) is 0 Å². The van der Waals surface area contributed by atoms with Crippen molar-refractivity contribution in [1.29, 1.82) is 5.26 Å². The average Bonchev–Trinajstić information content (AvgIpc) is 2.49. The van der Waals surface area contributed by atoms with Crippen molar-refractivity contribution in [3.8, 4) is 6.07 Å². The molecule has 0 fully saturated rings. The molecular formula is C9H7BrN2. The molecule has 1 heterocycles. The fourth-order valence-corrected chi connectivity index (χ4v) is 1.97. The number of hydrogen-bond acceptors (Lipinski definition) is 2. The topological polar surface area (TPSA) is 35.8 Å². The number of para-hydroxylation sites is 1. The maximum Gasteiger partial charge on any atom is 0.0905 e. The van der Waals surface area contributed by atoms with Crippen LogP contribution in [0, 0.1) is 11.3 Å². The smallest absolute Gasteiger partial charge is 0.0905 e. The van der Waals surface area contributed by atoms with Crippen LogP contribution in [0.2, 0.25) is 0 Å². The van der Waals surface area contributed by atoms with Gasteiger partial charge in [-0.2, -0.15) is 5.26 Å². The Hall–Kier alpha value is -1.01. The molecule has 2 rings (SSSR count). The fraction of sp³-hybridized carbons (Fsp3) is 0.222. The molecule has 0 bridgehead atoms. The summed E-state index contributed by atoms with van der Waals surface area (Å²) in [7, 11) is 0. The molecule has 1 aromatic rings. The van der Waals surface area contributed by atoms with Crippen molar-refractivity contribution in [3.05, 3.63) is 28.2 Å². The van der Waals surface area contributed by atoms with E-state index >= 15 is 0 Å². The lowest BCUT2D eigenvalue weighted by molar-refractivity contribution is 0.963. The van der Waals surface area contributed by atoms with Gasteiger partial charge in [0.2, 0.25) is 0 Å². The first kappa shape index (κ1) is 7.63. The number of benzene rings is 1. The quantitative estimate of drug-likeness (QED) is 0.733. The van der Waals surface area contributed by atoms with E-state index < -0.39 is 0 Å². The second-order valence-electron chi connectivity index (χ2n) is 2.77. The van der Waals surface area contributed by atoms with Gasteiger partial charge in [0.05, 0.1) is 17.7 Å². The molecule has 60 valence electrons. The van der Waals surface area contributed by atoms with E-state index in [0.717, 1.165) is 22.3 Å². The summed E-state index contributed by atoms with van der Waals surface area (Å²) in [6.07, 6.45) is 0. The van der Waals surface area contributed by atoms with E-state index in [1.165, 1.54) is 0 Å². The fourth-order valence-electron chi connectivity index (χ4n) is 1.45. The number of rotatable bonds is 0. The van der Waals surface area contributed by atoms with Crippen molar-refractivity contribution in [1.82, 2.24) is 0 Å². The van der Waals surface area contributed by atoms with E-state index in [2.05, 4.69) is 27.3 Å². The van der Waals surface area contributed by atoms with Crippen LogP contribution < -0.4 is 5.32 Å². The Bertz CT molecular complexity index is 354. The Morgan fingerprint density at radius 3 is 3.17 bits per heavy atom. The molecule has 0 saturated carbocycles. The molecule has 1 aliphatic rings. The van der Waals surface area contributed by atoms with Crippen molar-refractivity contribution in [3.63, 3.8) is 0 Å². The van der Waals surface area contributed by atoms with Gasteiger partial charge in [0.15, 0.2) is 0 Å². The third-order valence-electron chi connectivity index (χ3n) is 2.06. The Balaban J connectivity index is 2.55. The standard InChI is InChI=1S/C9H7BrN2/c10-8-3-1-2-7-6(4-11)5-12-9(7)8/h1-3,6,12H,5H2. The van der Waals surface area contributed by atoms with E-state index in [0.29, 0.717) is 0 Å². The van der Waals surface area contributed by atoms with Crippen LogP contribution in [-0.4, -0.2) is 6.54 Å². The highest BCUT2D eigenvalue weighted by atomic mass is 79.9. The first-order valence-electron chi connectivity index (χ1n) is 3.75. The molecule has 1 unspecified atom stereocenters. The average molecular weight is 223 g/mol. The van der Waals surface area contributed by atoms with Gasteiger partial charge in [-0.3, -0.25) is 0 Å². The normalized spacial score (nSPS) is 19.5. The van der Waals surface area contributed by atoms with E-state index in [4.69, 9.17) is 5.26 Å². The van der Waals surface area contributed by atoms with Crippen LogP contribution in [0.15, 0.2) is 22.7 Å². The third-order valence-corrected chi connectivity index (χ3v) is 2.72. The first-order valence-corrected chi connectivity index (χ1v) is 4.54. The summed E-state index contributed by atoms with van der Waals surface area (Å²) < 4.78 is 1.04. The molecule has 0 spiro atoms. The summed E-state index contributed by atoms with van der Waals surface area (Å²) in [6.45, 7) is 0.731. The van der Waals surface area contributed by atoms with E-state index in [-0.39, 0.29) is 5.92 Å². The highest BCUT2D eigenvalue weighted by Gasteiger charge is 2.22. The zero-order chi connectivity index (χ0) is 8.55. The molecule has 1 aromatic carbocycles. The summed E-state index contributed by atoms with van der Waals surface area (Å²) in [5.74, 6) is 0.0116. The highest BCUT2D eigenvalue weighted by Crippen LogP contribution is 2.36. The number of hydrogen-bond donors (Lipinski definition) is 1. The number of nitrogens with one attached hydrogen (secondary N) is 1. The van der Waals surface area contributed by atoms with Crippen molar-refractivity contribution in [2.45, 2.75) is 5.92 Å². The van der Waals surface area contributed by atoms with Gasteiger partial charge >= 0.3 is 0 Å². The Morgan fingerprint density at radius 1 is 1.58 bits per heavy atom. The van der Waals surface area contributed by atoms with E-state index in [1.807, 2.05) is 18.2 Å². The predicted molar refractivity (Wildman–Crippen MR) is 51.0 cm³/mol. The van der Waals surface area contributed by atoms with Crippen LogP contribution in [0.1, 0.15) is 11.5 Å². The van der Waals surface area contributed by atoms with E-state index in [1.54, 1.807) is 0 Å². The summed E-state index contributed by atoms with van der Waals surface area (Å²) in [5, 5.41) is 12.0. The number of anilines is 1. The number of halogens is 1. The van der Waals surface area contributed by atoms with Gasteiger partial charge in [0.1, 0.15) is 0 Å². The minimum Gasteiger partial charge on any atom is -0.382 e. The highest BCUT2D eigenvalue weighted by molar-refractivity contribution is 9.10. The minimum absolute atomic E-state index is 0.0116. The maximum absolute atomic E-state index is 8.80. The lowest BCUT2D eigenvalue weighted by Gasteiger charge is -2.01. The van der Waals surface area contributed by atoms with Gasteiger partial charge in [0.25, 0.3) is 0 Å².